The molecule has 0 saturated heterocycles. The molecule has 0 aromatic heterocycles. The van der Waals surface area contributed by atoms with Crippen LogP contribution < -0.4 is 10.5 Å². The van der Waals surface area contributed by atoms with E-state index in [1.54, 1.807) is 0 Å². The Kier molecular flexibility index (Phi) is 3.80. The quantitative estimate of drug-likeness (QED) is 0.830. The Morgan fingerprint density at radius 3 is 2.00 bits per heavy atom. The summed E-state index contributed by atoms with van der Waals surface area (Å²) >= 11 is 0. The number of benzene rings is 2. The SMILES string of the molecule is NS(=O)(=O)CCCNC1c2ccccc2-c2ccccc21. The van der Waals surface area contributed by atoms with E-state index < -0.39 is 10.0 Å². The Hall–Kier alpha value is -1.69. The molecule has 5 heteroatoms. The van der Waals surface area contributed by atoms with Gasteiger partial charge in [0.25, 0.3) is 0 Å². The largest absolute Gasteiger partial charge is 0.306 e. The summed E-state index contributed by atoms with van der Waals surface area (Å²) in [5.41, 5.74) is 4.98. The van der Waals surface area contributed by atoms with Gasteiger partial charge in [-0.25, -0.2) is 13.6 Å². The molecular weight excluding hydrogens is 284 g/mol. The second-order valence-electron chi connectivity index (χ2n) is 5.28. The minimum Gasteiger partial charge on any atom is -0.306 e. The molecule has 2 aromatic rings. The van der Waals surface area contributed by atoms with E-state index in [0.717, 1.165) is 0 Å². The lowest BCUT2D eigenvalue weighted by Gasteiger charge is -2.15. The Morgan fingerprint density at radius 2 is 1.48 bits per heavy atom. The summed E-state index contributed by atoms with van der Waals surface area (Å²) in [6, 6.07) is 16.8. The van der Waals surface area contributed by atoms with E-state index in [9.17, 15) is 8.42 Å². The summed E-state index contributed by atoms with van der Waals surface area (Å²) in [5.74, 6) is 0.00993. The fourth-order valence-electron chi connectivity index (χ4n) is 2.90. The van der Waals surface area contributed by atoms with Crippen LogP contribution in [0.2, 0.25) is 0 Å². The highest BCUT2D eigenvalue weighted by Gasteiger charge is 2.27. The van der Waals surface area contributed by atoms with Gasteiger partial charge >= 0.3 is 0 Å². The summed E-state index contributed by atoms with van der Waals surface area (Å²) in [5, 5.41) is 8.47. The van der Waals surface area contributed by atoms with Crippen LogP contribution in [0.4, 0.5) is 0 Å². The van der Waals surface area contributed by atoms with E-state index >= 15 is 0 Å². The van der Waals surface area contributed by atoms with Gasteiger partial charge < -0.3 is 5.32 Å². The van der Waals surface area contributed by atoms with E-state index in [4.69, 9.17) is 5.14 Å². The molecule has 0 unspecified atom stereocenters. The zero-order chi connectivity index (χ0) is 14.9. The van der Waals surface area contributed by atoms with Crippen molar-refractivity contribution < 1.29 is 8.42 Å². The minimum atomic E-state index is -3.38. The molecule has 0 amide bonds. The van der Waals surface area contributed by atoms with Gasteiger partial charge in [0, 0.05) is 0 Å². The molecule has 1 aliphatic carbocycles. The number of hydrogen-bond donors (Lipinski definition) is 2. The smallest absolute Gasteiger partial charge is 0.209 e. The van der Waals surface area contributed by atoms with Crippen LogP contribution >= 0.6 is 0 Å². The Labute approximate surface area is 125 Å². The van der Waals surface area contributed by atoms with Gasteiger partial charge in [-0.15, -0.1) is 0 Å². The van der Waals surface area contributed by atoms with E-state index in [1.165, 1.54) is 22.3 Å². The lowest BCUT2D eigenvalue weighted by molar-refractivity contribution is 0.580. The van der Waals surface area contributed by atoms with Crippen LogP contribution in [0.25, 0.3) is 11.1 Å². The molecule has 110 valence electrons. The van der Waals surface area contributed by atoms with Gasteiger partial charge in [-0.05, 0) is 35.2 Å². The van der Waals surface area contributed by atoms with Crippen molar-refractivity contribution in [3.63, 3.8) is 0 Å². The van der Waals surface area contributed by atoms with Crippen molar-refractivity contribution in [2.24, 2.45) is 5.14 Å². The van der Waals surface area contributed by atoms with Gasteiger partial charge in [-0.2, -0.15) is 0 Å². The summed E-state index contributed by atoms with van der Waals surface area (Å²) in [6.45, 7) is 0.615. The predicted octanol–water partition coefficient (Wildman–Crippen LogP) is 2.02. The predicted molar refractivity (Wildman–Crippen MR) is 84.3 cm³/mol. The van der Waals surface area contributed by atoms with Gasteiger partial charge in [-0.3, -0.25) is 0 Å². The Bertz CT molecular complexity index is 711. The maximum Gasteiger partial charge on any atom is 0.209 e. The lowest BCUT2D eigenvalue weighted by Crippen LogP contribution is -2.25. The highest BCUT2D eigenvalue weighted by atomic mass is 32.2. The van der Waals surface area contributed by atoms with Gasteiger partial charge in [0.1, 0.15) is 0 Å². The molecular formula is C16H18N2O2S. The molecule has 0 heterocycles. The first-order valence-corrected chi connectivity index (χ1v) is 8.70. The molecule has 0 fully saturated rings. The van der Waals surface area contributed by atoms with E-state index in [1.807, 2.05) is 24.3 Å². The van der Waals surface area contributed by atoms with Crippen LogP contribution in [0.1, 0.15) is 23.6 Å². The molecule has 0 aliphatic heterocycles. The molecule has 21 heavy (non-hydrogen) atoms. The number of rotatable bonds is 5. The van der Waals surface area contributed by atoms with Crippen LogP contribution in [0.3, 0.4) is 0 Å². The van der Waals surface area contributed by atoms with Crippen molar-refractivity contribution in [3.05, 3.63) is 59.7 Å². The third-order valence-corrected chi connectivity index (χ3v) is 4.65. The van der Waals surface area contributed by atoms with Crippen molar-refractivity contribution in [2.75, 3.05) is 12.3 Å². The molecule has 4 nitrogen and oxygen atoms in total. The first-order valence-electron chi connectivity index (χ1n) is 6.98. The van der Waals surface area contributed by atoms with Crippen molar-refractivity contribution in [2.45, 2.75) is 12.5 Å². The molecule has 0 spiro atoms. The molecule has 1 aliphatic rings. The maximum atomic E-state index is 11.0. The van der Waals surface area contributed by atoms with Crippen LogP contribution in [-0.2, 0) is 10.0 Å². The van der Waals surface area contributed by atoms with Crippen molar-refractivity contribution in [1.82, 2.24) is 5.32 Å². The minimum absolute atomic E-state index is 0.00993. The number of sulfonamides is 1. The van der Waals surface area contributed by atoms with Gasteiger partial charge in [0.2, 0.25) is 10.0 Å². The summed E-state index contributed by atoms with van der Waals surface area (Å²) < 4.78 is 21.9. The van der Waals surface area contributed by atoms with Gasteiger partial charge in [0.05, 0.1) is 11.8 Å². The second-order valence-corrected chi connectivity index (χ2v) is 7.02. The first-order chi connectivity index (χ1) is 10.1. The van der Waals surface area contributed by atoms with Gasteiger partial charge in [0.15, 0.2) is 0 Å². The molecule has 0 saturated carbocycles. The maximum absolute atomic E-state index is 11.0. The van der Waals surface area contributed by atoms with E-state index in [2.05, 4.69) is 29.6 Å². The molecule has 3 rings (SSSR count). The number of primary sulfonamides is 1. The number of nitrogens with two attached hydrogens (primary N) is 1. The zero-order valence-electron chi connectivity index (χ0n) is 11.6. The molecule has 0 atom stereocenters. The normalized spacial score (nSPS) is 14.0. The third-order valence-electron chi connectivity index (χ3n) is 3.79. The van der Waals surface area contributed by atoms with E-state index in [-0.39, 0.29) is 11.8 Å². The summed E-state index contributed by atoms with van der Waals surface area (Å²) in [4.78, 5) is 0. The average molecular weight is 302 g/mol. The van der Waals surface area contributed by atoms with Gasteiger partial charge in [-0.1, -0.05) is 48.5 Å². The van der Waals surface area contributed by atoms with Crippen LogP contribution in [-0.4, -0.2) is 20.7 Å². The molecule has 0 bridgehead atoms. The number of hydrogen-bond acceptors (Lipinski definition) is 3. The van der Waals surface area contributed by atoms with Crippen LogP contribution in [0.5, 0.6) is 0 Å². The molecule has 0 radical (unpaired) electrons. The number of fused-ring (bicyclic) bond motifs is 3. The second kappa shape index (κ2) is 5.60. The summed E-state index contributed by atoms with van der Waals surface area (Å²) in [7, 11) is -3.38. The van der Waals surface area contributed by atoms with Crippen molar-refractivity contribution >= 4 is 10.0 Å². The highest BCUT2D eigenvalue weighted by molar-refractivity contribution is 7.89. The first kappa shape index (κ1) is 14.3. The van der Waals surface area contributed by atoms with Crippen LogP contribution in [0, 0.1) is 0 Å². The number of nitrogens with one attached hydrogen (secondary N) is 1. The topological polar surface area (TPSA) is 72.2 Å². The lowest BCUT2D eigenvalue weighted by atomic mass is 10.1. The van der Waals surface area contributed by atoms with Crippen LogP contribution in [0.15, 0.2) is 48.5 Å². The fourth-order valence-corrected chi connectivity index (χ4v) is 3.44. The Balaban J connectivity index is 1.79. The molecule has 2 aromatic carbocycles. The Morgan fingerprint density at radius 1 is 0.952 bits per heavy atom. The van der Waals surface area contributed by atoms with Crippen molar-refractivity contribution in [1.29, 1.82) is 0 Å². The molecule has 3 N–H and O–H groups in total. The van der Waals surface area contributed by atoms with Crippen molar-refractivity contribution in [3.8, 4) is 11.1 Å². The fraction of sp³-hybridized carbons (Fsp3) is 0.250. The monoisotopic (exact) mass is 302 g/mol. The third kappa shape index (κ3) is 3.00. The van der Waals surface area contributed by atoms with E-state index in [0.29, 0.717) is 13.0 Å². The highest BCUT2D eigenvalue weighted by Crippen LogP contribution is 2.42. The standard InChI is InChI=1S/C16H18N2O2S/c17-21(19,20)11-5-10-18-16-14-8-3-1-6-12(14)13-7-2-4-9-15(13)16/h1-4,6-9,16,18H,5,10-11H2,(H2,17,19,20). The zero-order valence-corrected chi connectivity index (χ0v) is 12.4. The average Bonchev–Trinajstić information content (AvgIpc) is 2.77. The summed E-state index contributed by atoms with van der Waals surface area (Å²) in [6.07, 6.45) is 0.514.